The molecule has 0 aliphatic rings. The van der Waals surface area contributed by atoms with Gasteiger partial charge in [-0.25, -0.2) is 9.78 Å². The number of aromatic nitrogens is 3. The largest absolute Gasteiger partial charge is 0.330 e. The third kappa shape index (κ3) is 2.29. The van der Waals surface area contributed by atoms with E-state index in [0.717, 1.165) is 9.44 Å². The van der Waals surface area contributed by atoms with E-state index < -0.39 is 22.2 Å². The molecule has 0 unspecified atom stereocenters. The number of nitrogens with one attached hydrogen (secondary N) is 1. The molecule has 2 rings (SSSR count). The quantitative estimate of drug-likeness (QED) is 0.836. The molecule has 0 aliphatic carbocycles. The van der Waals surface area contributed by atoms with Crippen LogP contribution in [0.1, 0.15) is 9.88 Å². The zero-order valence-corrected chi connectivity index (χ0v) is 10.2. The van der Waals surface area contributed by atoms with Crippen molar-refractivity contribution in [1.29, 1.82) is 0 Å². The second kappa shape index (κ2) is 4.42. The van der Waals surface area contributed by atoms with Gasteiger partial charge in [0, 0.05) is 11.1 Å². The Labute approximate surface area is 104 Å². The van der Waals surface area contributed by atoms with E-state index in [-0.39, 0.29) is 6.54 Å². The zero-order chi connectivity index (χ0) is 12.6. The van der Waals surface area contributed by atoms with E-state index >= 15 is 0 Å². The monoisotopic (exact) mass is 275 g/mol. The smallest absolute Gasteiger partial charge is 0.295 e. The third-order valence-electron chi connectivity index (χ3n) is 2.05. The molecule has 0 bridgehead atoms. The molecule has 17 heavy (non-hydrogen) atoms. The van der Waals surface area contributed by atoms with Gasteiger partial charge in [0.05, 0.1) is 6.54 Å². The van der Waals surface area contributed by atoms with Gasteiger partial charge in [-0.2, -0.15) is 4.39 Å². The number of nitrogens with zero attached hydrogens (tertiary/aromatic N) is 2. The molecular weight excluding hydrogens is 269 g/mol. The summed E-state index contributed by atoms with van der Waals surface area (Å²) in [6, 6.07) is 0. The van der Waals surface area contributed by atoms with Crippen LogP contribution in [0.4, 0.5) is 4.39 Å². The maximum Gasteiger partial charge on any atom is 0.330 e. The van der Waals surface area contributed by atoms with Crippen LogP contribution in [0.15, 0.2) is 15.8 Å². The normalized spacial score (nSPS) is 10.8. The van der Waals surface area contributed by atoms with Gasteiger partial charge in [-0.15, -0.1) is 11.3 Å². The summed E-state index contributed by atoms with van der Waals surface area (Å²) in [6.07, 6.45) is 1.62. The Morgan fingerprint density at radius 2 is 2.29 bits per heavy atom. The molecule has 1 N–H and O–H groups in total. The first-order valence-electron chi connectivity index (χ1n) is 4.58. The van der Waals surface area contributed by atoms with Crippen LogP contribution in [-0.4, -0.2) is 14.5 Å². The summed E-state index contributed by atoms with van der Waals surface area (Å²) in [6.45, 7) is 1.78. The average molecular weight is 276 g/mol. The number of rotatable bonds is 2. The number of hydrogen-bond acceptors (Lipinski definition) is 4. The van der Waals surface area contributed by atoms with Crippen molar-refractivity contribution in [3.63, 3.8) is 0 Å². The number of H-pyrrole nitrogens is 1. The number of aryl methyl sites for hydroxylation is 1. The van der Waals surface area contributed by atoms with Crippen molar-refractivity contribution in [3.8, 4) is 0 Å². The van der Waals surface area contributed by atoms with E-state index in [1.165, 1.54) is 11.3 Å². The van der Waals surface area contributed by atoms with Gasteiger partial charge < -0.3 is 0 Å². The van der Waals surface area contributed by atoms with Gasteiger partial charge >= 0.3 is 5.69 Å². The van der Waals surface area contributed by atoms with Gasteiger partial charge in [0.15, 0.2) is 5.15 Å². The zero-order valence-electron chi connectivity index (χ0n) is 8.66. The van der Waals surface area contributed by atoms with Gasteiger partial charge in [0.1, 0.15) is 5.01 Å². The van der Waals surface area contributed by atoms with Crippen LogP contribution >= 0.6 is 22.9 Å². The van der Waals surface area contributed by atoms with Gasteiger partial charge in [0.2, 0.25) is 5.82 Å². The minimum absolute atomic E-state index is 0.0687. The molecule has 2 aromatic rings. The molecule has 0 aromatic carbocycles. The molecule has 2 heterocycles. The Bertz CT molecular complexity index is 676. The molecule has 8 heteroatoms. The van der Waals surface area contributed by atoms with Gasteiger partial charge in [0.25, 0.3) is 5.56 Å². The highest BCUT2D eigenvalue weighted by atomic mass is 35.5. The molecular formula is C9H7ClFN3O2S. The summed E-state index contributed by atoms with van der Waals surface area (Å²) in [4.78, 5) is 29.9. The molecule has 0 radical (unpaired) electrons. The molecule has 2 aromatic heterocycles. The molecule has 90 valence electrons. The summed E-state index contributed by atoms with van der Waals surface area (Å²) in [5, 5.41) is -0.0246. The third-order valence-corrected chi connectivity index (χ3v) is 3.21. The lowest BCUT2D eigenvalue weighted by Crippen LogP contribution is -2.37. The fraction of sp³-hybridized carbons (Fsp3) is 0.222. The van der Waals surface area contributed by atoms with Crippen LogP contribution < -0.4 is 11.2 Å². The maximum absolute atomic E-state index is 13.2. The lowest BCUT2D eigenvalue weighted by Gasteiger charge is -2.02. The Kier molecular flexibility index (Phi) is 3.12. The van der Waals surface area contributed by atoms with Crippen molar-refractivity contribution in [2.24, 2.45) is 0 Å². The fourth-order valence-corrected chi connectivity index (χ4v) is 2.21. The first-order chi connectivity index (χ1) is 7.99. The Morgan fingerprint density at radius 1 is 1.59 bits per heavy atom. The molecule has 5 nitrogen and oxygen atoms in total. The Balaban J connectivity index is 2.50. The van der Waals surface area contributed by atoms with Crippen LogP contribution in [0.25, 0.3) is 0 Å². The van der Waals surface area contributed by atoms with E-state index in [1.807, 2.05) is 11.9 Å². The van der Waals surface area contributed by atoms with E-state index in [4.69, 9.17) is 11.6 Å². The number of hydrogen-bond donors (Lipinski definition) is 1. The van der Waals surface area contributed by atoms with E-state index in [1.54, 1.807) is 6.20 Å². The summed E-state index contributed by atoms with van der Waals surface area (Å²) >= 11 is 6.67. The average Bonchev–Trinajstić information content (AvgIpc) is 2.67. The topological polar surface area (TPSA) is 67.8 Å². The van der Waals surface area contributed by atoms with E-state index in [0.29, 0.717) is 5.01 Å². The number of aromatic amines is 1. The van der Waals surface area contributed by atoms with Crippen LogP contribution in [-0.2, 0) is 6.54 Å². The summed E-state index contributed by atoms with van der Waals surface area (Å²) in [7, 11) is 0. The van der Waals surface area contributed by atoms with Crippen molar-refractivity contribution >= 4 is 22.9 Å². The molecule has 0 aliphatic heterocycles. The van der Waals surface area contributed by atoms with Gasteiger partial charge in [-0.3, -0.25) is 14.3 Å². The highest BCUT2D eigenvalue weighted by molar-refractivity contribution is 7.11. The van der Waals surface area contributed by atoms with Crippen molar-refractivity contribution in [2.45, 2.75) is 13.5 Å². The molecule has 0 saturated carbocycles. The predicted octanol–water partition coefficient (Wildman–Crippen LogP) is 1.14. The SMILES string of the molecule is Cc1cnc(Cn2c(=O)[nH]c(Cl)c(F)c2=O)s1. The Morgan fingerprint density at radius 3 is 2.88 bits per heavy atom. The minimum Gasteiger partial charge on any atom is -0.295 e. The molecule has 0 fully saturated rings. The van der Waals surface area contributed by atoms with Crippen molar-refractivity contribution in [1.82, 2.24) is 14.5 Å². The van der Waals surface area contributed by atoms with Crippen molar-refractivity contribution in [3.05, 3.63) is 47.9 Å². The van der Waals surface area contributed by atoms with Crippen LogP contribution in [0.2, 0.25) is 5.15 Å². The first-order valence-corrected chi connectivity index (χ1v) is 5.78. The first kappa shape index (κ1) is 12.0. The van der Waals surface area contributed by atoms with Gasteiger partial charge in [-0.05, 0) is 6.92 Å². The second-order valence-corrected chi connectivity index (χ2v) is 5.01. The van der Waals surface area contributed by atoms with Crippen molar-refractivity contribution < 1.29 is 4.39 Å². The molecule has 0 atom stereocenters. The maximum atomic E-state index is 13.2. The highest BCUT2D eigenvalue weighted by Crippen LogP contribution is 2.11. The number of halogens is 2. The van der Waals surface area contributed by atoms with Crippen molar-refractivity contribution in [2.75, 3.05) is 0 Å². The van der Waals surface area contributed by atoms with Crippen LogP contribution in [0.5, 0.6) is 0 Å². The minimum atomic E-state index is -1.17. The van der Waals surface area contributed by atoms with E-state index in [2.05, 4.69) is 4.98 Å². The lowest BCUT2D eigenvalue weighted by atomic mass is 10.5. The molecule has 0 spiro atoms. The van der Waals surface area contributed by atoms with Crippen LogP contribution in [0, 0.1) is 12.7 Å². The Hall–Kier alpha value is -1.47. The molecule has 0 saturated heterocycles. The van der Waals surface area contributed by atoms with E-state index in [9.17, 15) is 14.0 Å². The highest BCUT2D eigenvalue weighted by Gasteiger charge is 2.13. The summed E-state index contributed by atoms with van der Waals surface area (Å²) in [5.41, 5.74) is -1.80. The molecule has 0 amide bonds. The summed E-state index contributed by atoms with van der Waals surface area (Å²) < 4.78 is 13.9. The summed E-state index contributed by atoms with van der Waals surface area (Å²) in [5.74, 6) is -1.17. The van der Waals surface area contributed by atoms with Gasteiger partial charge in [-0.1, -0.05) is 11.6 Å². The predicted molar refractivity (Wildman–Crippen MR) is 62.2 cm³/mol. The second-order valence-electron chi connectivity index (χ2n) is 3.31. The fourth-order valence-electron chi connectivity index (χ4n) is 1.27. The van der Waals surface area contributed by atoms with Crippen LogP contribution in [0.3, 0.4) is 0 Å². The standard InChI is InChI=1S/C9H7ClFN3O2S/c1-4-2-12-5(17-4)3-14-8(15)6(11)7(10)13-9(14)16/h2H,3H2,1H3,(H,13,16). The number of thiazole rings is 1. The lowest BCUT2D eigenvalue weighted by molar-refractivity contribution is 0.557.